The zero-order valence-electron chi connectivity index (χ0n) is 18.1. The minimum absolute atomic E-state index is 0.221. The fourth-order valence-electron chi connectivity index (χ4n) is 5.24. The maximum atomic E-state index is 10.9. The van der Waals surface area contributed by atoms with E-state index >= 15 is 0 Å². The molecule has 6 rings (SSSR count). The molecular formula is C25H26O6S2. The second-order valence-electron chi connectivity index (χ2n) is 9.31. The second kappa shape index (κ2) is 7.96. The molecule has 3 aliphatic rings. The van der Waals surface area contributed by atoms with Crippen LogP contribution < -0.4 is 0 Å². The quantitative estimate of drug-likeness (QED) is 0.454. The molecule has 1 saturated heterocycles. The van der Waals surface area contributed by atoms with Crippen LogP contribution in [0.15, 0.2) is 29.7 Å². The maximum absolute atomic E-state index is 10.9. The summed E-state index contributed by atoms with van der Waals surface area (Å²) in [6.45, 7) is 1.97. The van der Waals surface area contributed by atoms with E-state index in [2.05, 4.69) is 36.6 Å². The summed E-state index contributed by atoms with van der Waals surface area (Å²) in [6, 6.07) is 6.36. The predicted molar refractivity (Wildman–Crippen MR) is 127 cm³/mol. The number of allylic oxidation sites excluding steroid dienone is 1. The maximum Gasteiger partial charge on any atom is 0.225 e. The van der Waals surface area contributed by atoms with Crippen LogP contribution in [0.1, 0.15) is 38.9 Å². The lowest BCUT2D eigenvalue weighted by Crippen LogP contribution is -2.63. The van der Waals surface area contributed by atoms with E-state index in [4.69, 9.17) is 9.47 Å². The molecule has 0 bridgehead atoms. The third kappa shape index (κ3) is 3.36. The third-order valence-electron chi connectivity index (χ3n) is 7.02. The Labute approximate surface area is 199 Å². The van der Waals surface area contributed by atoms with Crippen molar-refractivity contribution in [3.05, 3.63) is 61.7 Å². The highest BCUT2D eigenvalue weighted by Gasteiger charge is 2.58. The lowest BCUT2D eigenvalue weighted by atomic mass is 9.87. The molecule has 174 valence electrons. The zero-order chi connectivity index (χ0) is 22.9. The van der Waals surface area contributed by atoms with Crippen LogP contribution in [0.25, 0.3) is 16.2 Å². The van der Waals surface area contributed by atoms with Crippen LogP contribution in [0.5, 0.6) is 0 Å². The van der Waals surface area contributed by atoms with Gasteiger partial charge in [-0.05, 0) is 64.1 Å². The minimum Gasteiger partial charge on any atom is -0.394 e. The fraction of sp³-hybridized carbons (Fsp3) is 0.440. The molecule has 8 heteroatoms. The first-order valence-electron chi connectivity index (χ1n) is 11.2. The summed E-state index contributed by atoms with van der Waals surface area (Å²) >= 11 is 3.51. The molecule has 33 heavy (non-hydrogen) atoms. The van der Waals surface area contributed by atoms with Crippen LogP contribution in [-0.4, -0.2) is 51.4 Å². The lowest BCUT2D eigenvalue weighted by molar-refractivity contribution is -0.368. The van der Waals surface area contributed by atoms with E-state index in [1.54, 1.807) is 11.3 Å². The zero-order valence-corrected chi connectivity index (χ0v) is 19.7. The van der Waals surface area contributed by atoms with Gasteiger partial charge >= 0.3 is 0 Å². The summed E-state index contributed by atoms with van der Waals surface area (Å²) in [6.07, 6.45) is 0.973. The second-order valence-corrected chi connectivity index (χ2v) is 11.4. The van der Waals surface area contributed by atoms with Gasteiger partial charge < -0.3 is 29.9 Å². The minimum atomic E-state index is -1.61. The Kier molecular flexibility index (Phi) is 5.28. The van der Waals surface area contributed by atoms with E-state index in [0.29, 0.717) is 11.5 Å². The van der Waals surface area contributed by atoms with Gasteiger partial charge in [0.1, 0.15) is 24.4 Å². The molecular weight excluding hydrogens is 460 g/mol. The number of rotatable bonds is 3. The highest BCUT2D eigenvalue weighted by molar-refractivity contribution is 7.17. The van der Waals surface area contributed by atoms with Gasteiger partial charge in [0.25, 0.3) is 0 Å². The van der Waals surface area contributed by atoms with Crippen molar-refractivity contribution >= 4 is 38.8 Å². The summed E-state index contributed by atoms with van der Waals surface area (Å²) in [5.41, 5.74) is 4.13. The van der Waals surface area contributed by atoms with Gasteiger partial charge in [-0.15, -0.1) is 22.7 Å². The summed E-state index contributed by atoms with van der Waals surface area (Å²) in [5.74, 6) is -1.04. The van der Waals surface area contributed by atoms with Gasteiger partial charge in [0, 0.05) is 26.4 Å². The van der Waals surface area contributed by atoms with E-state index in [9.17, 15) is 20.4 Å². The number of aliphatic hydroxyl groups is 4. The van der Waals surface area contributed by atoms with Crippen molar-refractivity contribution < 1.29 is 29.9 Å². The predicted octanol–water partition coefficient (Wildman–Crippen LogP) is 2.92. The molecule has 2 aromatic heterocycles. The molecule has 1 aromatic carbocycles. The van der Waals surface area contributed by atoms with Crippen LogP contribution in [0.2, 0.25) is 0 Å². The number of aliphatic hydroxyl groups excluding tert-OH is 4. The average Bonchev–Trinajstić information content (AvgIpc) is 3.49. The Balaban J connectivity index is 1.38. The molecule has 4 N–H and O–H groups in total. The fourth-order valence-corrected chi connectivity index (χ4v) is 7.38. The van der Waals surface area contributed by atoms with Crippen LogP contribution in [0, 0.1) is 5.92 Å². The summed E-state index contributed by atoms with van der Waals surface area (Å²) in [4.78, 5) is 2.66. The van der Waals surface area contributed by atoms with Crippen LogP contribution in [0.4, 0.5) is 0 Å². The molecule has 1 aliphatic carbocycles. The molecule has 1 spiro atoms. The molecule has 6 atom stereocenters. The third-order valence-corrected chi connectivity index (χ3v) is 9.16. The Hall–Kier alpha value is -1.62. The normalized spacial score (nSPS) is 33.1. The molecule has 1 unspecified atom stereocenters. The van der Waals surface area contributed by atoms with Crippen molar-refractivity contribution in [2.24, 2.45) is 5.92 Å². The first kappa shape index (κ1) is 21.9. The first-order chi connectivity index (χ1) is 15.9. The highest BCUT2D eigenvalue weighted by Crippen LogP contribution is 2.48. The number of ether oxygens (including phenoxy) is 2. The molecule has 0 amide bonds. The van der Waals surface area contributed by atoms with Crippen LogP contribution in [0.3, 0.4) is 0 Å². The molecule has 0 radical (unpaired) electrons. The van der Waals surface area contributed by atoms with Gasteiger partial charge in [-0.1, -0.05) is 13.0 Å². The van der Waals surface area contributed by atoms with Crippen LogP contribution in [-0.2, 0) is 34.7 Å². The average molecular weight is 487 g/mol. The van der Waals surface area contributed by atoms with Gasteiger partial charge in [0.05, 0.1) is 13.2 Å². The number of thiophene rings is 2. The Morgan fingerprint density at radius 1 is 1.12 bits per heavy atom. The Morgan fingerprint density at radius 3 is 2.79 bits per heavy atom. The summed E-state index contributed by atoms with van der Waals surface area (Å²) in [7, 11) is 0. The lowest BCUT2D eigenvalue weighted by Gasteiger charge is -2.46. The highest BCUT2D eigenvalue weighted by atomic mass is 32.1. The van der Waals surface area contributed by atoms with Crippen molar-refractivity contribution in [1.29, 1.82) is 0 Å². The van der Waals surface area contributed by atoms with Crippen molar-refractivity contribution in [3.8, 4) is 0 Å². The van der Waals surface area contributed by atoms with E-state index in [1.165, 1.54) is 20.9 Å². The van der Waals surface area contributed by atoms with E-state index in [1.807, 2.05) is 17.4 Å². The molecule has 4 heterocycles. The van der Waals surface area contributed by atoms with Gasteiger partial charge in [0.15, 0.2) is 0 Å². The van der Waals surface area contributed by atoms with Crippen molar-refractivity contribution in [2.45, 2.75) is 56.6 Å². The number of benzene rings is 1. The van der Waals surface area contributed by atoms with Crippen molar-refractivity contribution in [2.75, 3.05) is 6.61 Å². The number of hydrogen-bond donors (Lipinski definition) is 4. The number of hydrogen-bond acceptors (Lipinski definition) is 8. The monoisotopic (exact) mass is 486 g/mol. The number of fused-ring (bicyclic) bond motifs is 4. The van der Waals surface area contributed by atoms with Gasteiger partial charge in [0.2, 0.25) is 5.79 Å². The summed E-state index contributed by atoms with van der Waals surface area (Å²) in [5, 5.41) is 44.4. The molecule has 6 nitrogen and oxygen atoms in total. The Bertz CT molecular complexity index is 1240. The van der Waals surface area contributed by atoms with Crippen molar-refractivity contribution in [1.82, 2.24) is 0 Å². The molecule has 1 fully saturated rings. The topological polar surface area (TPSA) is 99.4 Å². The molecule has 0 saturated carbocycles. The molecule has 3 aromatic rings. The first-order valence-corrected chi connectivity index (χ1v) is 12.9. The standard InChI is InChI=1S/C25H26O6S2/c1-12-2-3-20-13(4-12)5-16(33-20)6-15-11-32-21-7-14-10-30-25(18(14)8-17(15)21)24(29)23(28)22(27)19(9-26)31-25/h2-3,5,7-8,11-12,19,22-24,26-29H,4,6,9-10H2,1H3/t12?,19-,22-,23+,24-,25+/m1/s1. The smallest absolute Gasteiger partial charge is 0.225 e. The van der Waals surface area contributed by atoms with E-state index < -0.39 is 36.8 Å². The van der Waals surface area contributed by atoms with E-state index in [-0.39, 0.29) is 6.61 Å². The largest absolute Gasteiger partial charge is 0.394 e. The Morgan fingerprint density at radius 2 is 1.97 bits per heavy atom. The van der Waals surface area contributed by atoms with Gasteiger partial charge in [-0.2, -0.15) is 0 Å². The van der Waals surface area contributed by atoms with Crippen molar-refractivity contribution in [3.63, 3.8) is 0 Å². The van der Waals surface area contributed by atoms with Crippen LogP contribution >= 0.6 is 22.7 Å². The van der Waals surface area contributed by atoms with Gasteiger partial charge in [-0.25, -0.2) is 0 Å². The van der Waals surface area contributed by atoms with Gasteiger partial charge in [-0.3, -0.25) is 0 Å². The summed E-state index contributed by atoms with van der Waals surface area (Å²) < 4.78 is 13.0. The van der Waals surface area contributed by atoms with E-state index in [0.717, 1.165) is 28.5 Å². The SMILES string of the molecule is CC1C=Cc2sc(Cc3csc4cc5c(cc34)[C@]3(OC5)O[C@H](CO)[C@@H](O)[C@H](O)[C@H]3O)cc2C1. The molecule has 2 aliphatic heterocycles.